The number of ether oxygens (including phenoxy) is 1. The molecule has 1 unspecified atom stereocenters. The lowest BCUT2D eigenvalue weighted by atomic mass is 9.72. The molecule has 172 valence electrons. The molecule has 2 aliphatic rings. The molecule has 0 aromatic heterocycles. The molecule has 4 nitrogen and oxygen atoms in total. The number of rotatable bonds is 7. The molecule has 6 heteroatoms. The molecule has 31 heavy (non-hydrogen) atoms. The molecule has 0 radical (unpaired) electrons. The van der Waals surface area contributed by atoms with Crippen LogP contribution in [0, 0.1) is 0 Å². The minimum atomic E-state index is -0.610. The second-order valence-electron chi connectivity index (χ2n) is 8.61. The van der Waals surface area contributed by atoms with Gasteiger partial charge in [-0.15, -0.1) is 24.8 Å². The first-order valence-electron chi connectivity index (χ1n) is 11.2. The molecule has 0 bridgehead atoms. The minimum Gasteiger partial charge on any atom is -0.489 e. The second kappa shape index (κ2) is 12.7. The Labute approximate surface area is 199 Å². The summed E-state index contributed by atoms with van der Waals surface area (Å²) in [6.07, 6.45) is 5.29. The number of piperazine rings is 1. The average Bonchev–Trinajstić information content (AvgIpc) is 2.78. The number of hydrogen-bond acceptors (Lipinski definition) is 4. The van der Waals surface area contributed by atoms with Gasteiger partial charge < -0.3 is 20.1 Å². The third kappa shape index (κ3) is 7.10. The number of nitrogens with one attached hydrogen (secondary N) is 1. The molecule has 0 amide bonds. The van der Waals surface area contributed by atoms with Crippen LogP contribution in [0.1, 0.15) is 49.1 Å². The van der Waals surface area contributed by atoms with E-state index >= 15 is 0 Å². The van der Waals surface area contributed by atoms with Crippen molar-refractivity contribution in [2.24, 2.45) is 0 Å². The number of hydrogen-bond donors (Lipinski definition) is 2. The smallest absolute Gasteiger partial charge is 0.120 e. The van der Waals surface area contributed by atoms with Gasteiger partial charge in [0.05, 0.1) is 5.60 Å². The Morgan fingerprint density at radius 1 is 0.935 bits per heavy atom. The Morgan fingerprint density at radius 2 is 1.65 bits per heavy atom. The van der Waals surface area contributed by atoms with Crippen molar-refractivity contribution in [3.63, 3.8) is 0 Å². The van der Waals surface area contributed by atoms with Gasteiger partial charge in [0, 0.05) is 38.6 Å². The predicted octanol–water partition coefficient (Wildman–Crippen LogP) is 4.79. The zero-order valence-electron chi connectivity index (χ0n) is 18.2. The Bertz CT molecular complexity index is 763. The van der Waals surface area contributed by atoms with Gasteiger partial charge >= 0.3 is 0 Å². The van der Waals surface area contributed by atoms with Crippen LogP contribution in [-0.4, -0.2) is 48.3 Å². The monoisotopic (exact) mass is 466 g/mol. The quantitative estimate of drug-likeness (QED) is 0.615. The summed E-state index contributed by atoms with van der Waals surface area (Å²) in [5, 5.41) is 15.1. The van der Waals surface area contributed by atoms with Crippen LogP contribution in [0.25, 0.3) is 0 Å². The van der Waals surface area contributed by atoms with E-state index in [1.54, 1.807) is 0 Å². The first kappa shape index (κ1) is 26.0. The highest BCUT2D eigenvalue weighted by molar-refractivity contribution is 5.85. The number of nitrogens with zero attached hydrogens (tertiary/aromatic N) is 1. The van der Waals surface area contributed by atoms with Crippen LogP contribution in [0.3, 0.4) is 0 Å². The first-order chi connectivity index (χ1) is 14.2. The van der Waals surface area contributed by atoms with Crippen molar-refractivity contribution in [1.82, 2.24) is 10.2 Å². The molecule has 4 rings (SSSR count). The fourth-order valence-corrected chi connectivity index (χ4v) is 4.81. The van der Waals surface area contributed by atoms with Crippen molar-refractivity contribution in [2.45, 2.75) is 50.2 Å². The Morgan fingerprint density at radius 3 is 2.35 bits per heavy atom. The average molecular weight is 467 g/mol. The van der Waals surface area contributed by atoms with Crippen LogP contribution in [0.5, 0.6) is 5.75 Å². The molecular formula is C25H36Cl2N2O2. The second-order valence-corrected chi connectivity index (χ2v) is 8.61. The molecule has 1 saturated heterocycles. The summed E-state index contributed by atoms with van der Waals surface area (Å²) >= 11 is 0. The predicted molar refractivity (Wildman–Crippen MR) is 132 cm³/mol. The Balaban J connectivity index is 0.00000171. The van der Waals surface area contributed by atoms with Crippen molar-refractivity contribution in [3.8, 4) is 5.75 Å². The van der Waals surface area contributed by atoms with E-state index in [2.05, 4.69) is 40.5 Å². The summed E-state index contributed by atoms with van der Waals surface area (Å²) in [6, 6.07) is 18.7. The maximum atomic E-state index is 11.6. The summed E-state index contributed by atoms with van der Waals surface area (Å²) in [7, 11) is 0. The van der Waals surface area contributed by atoms with Crippen LogP contribution in [0.15, 0.2) is 54.6 Å². The first-order valence-corrected chi connectivity index (χ1v) is 11.2. The fraction of sp³-hybridized carbons (Fsp3) is 0.520. The third-order valence-corrected chi connectivity index (χ3v) is 6.53. The molecule has 1 aliphatic heterocycles. The summed E-state index contributed by atoms with van der Waals surface area (Å²) in [5.41, 5.74) is 1.76. The lowest BCUT2D eigenvalue weighted by molar-refractivity contribution is -0.0317. The summed E-state index contributed by atoms with van der Waals surface area (Å²) in [6.45, 7) is 5.65. The maximum absolute atomic E-state index is 11.6. The standard InChI is InChI=1S/C25H34N2O2.2ClH/c28-25(12-5-2-6-13-25)24(19-27-16-14-26-15-17-27)22-10-7-11-23(18-22)29-20-21-8-3-1-4-9-21;;/h1,3-4,7-11,18,24,26,28H,2,5-6,12-17,19-20H2;2*1H. The molecule has 1 aliphatic carbocycles. The molecular weight excluding hydrogens is 431 g/mol. The van der Waals surface area contributed by atoms with E-state index in [-0.39, 0.29) is 30.7 Å². The topological polar surface area (TPSA) is 44.7 Å². The summed E-state index contributed by atoms with van der Waals surface area (Å²) in [4.78, 5) is 2.51. The van der Waals surface area contributed by atoms with Gasteiger partial charge in [0.15, 0.2) is 0 Å². The molecule has 1 saturated carbocycles. The lowest BCUT2D eigenvalue weighted by Crippen LogP contribution is -2.49. The van der Waals surface area contributed by atoms with Crippen LogP contribution in [0.4, 0.5) is 0 Å². The third-order valence-electron chi connectivity index (χ3n) is 6.53. The van der Waals surface area contributed by atoms with E-state index in [0.717, 1.165) is 64.2 Å². The van der Waals surface area contributed by atoms with E-state index < -0.39 is 5.60 Å². The normalized spacial score (nSPS) is 19.5. The van der Waals surface area contributed by atoms with E-state index in [4.69, 9.17) is 4.74 Å². The van der Waals surface area contributed by atoms with Gasteiger partial charge in [-0.05, 0) is 36.1 Å². The van der Waals surface area contributed by atoms with Crippen molar-refractivity contribution < 1.29 is 9.84 Å². The Hall–Kier alpha value is -1.30. The molecule has 2 aromatic carbocycles. The largest absolute Gasteiger partial charge is 0.489 e. The molecule has 2 N–H and O–H groups in total. The van der Waals surface area contributed by atoms with Crippen LogP contribution in [-0.2, 0) is 6.61 Å². The Kier molecular flexibility index (Phi) is 10.6. The molecule has 1 atom stereocenters. The molecule has 0 spiro atoms. The molecule has 2 fully saturated rings. The van der Waals surface area contributed by atoms with E-state index in [9.17, 15) is 5.11 Å². The van der Waals surface area contributed by atoms with Crippen LogP contribution < -0.4 is 10.1 Å². The van der Waals surface area contributed by atoms with Crippen LogP contribution in [0.2, 0.25) is 0 Å². The summed E-state index contributed by atoms with van der Waals surface area (Å²) in [5.74, 6) is 1.01. The zero-order chi connectivity index (χ0) is 19.9. The van der Waals surface area contributed by atoms with Gasteiger partial charge in [0.25, 0.3) is 0 Å². The SMILES string of the molecule is Cl.Cl.OC1(C(CN2CCNCC2)c2cccc(OCc3ccccc3)c2)CCCCC1. The highest BCUT2D eigenvalue weighted by Gasteiger charge is 2.39. The van der Waals surface area contributed by atoms with Gasteiger partial charge in [-0.25, -0.2) is 0 Å². The van der Waals surface area contributed by atoms with Gasteiger partial charge in [-0.2, -0.15) is 0 Å². The fourth-order valence-electron chi connectivity index (χ4n) is 4.81. The lowest BCUT2D eigenvalue weighted by Gasteiger charge is -2.42. The van der Waals surface area contributed by atoms with Crippen molar-refractivity contribution in [2.75, 3.05) is 32.7 Å². The van der Waals surface area contributed by atoms with Crippen molar-refractivity contribution >= 4 is 24.8 Å². The highest BCUT2D eigenvalue weighted by Crippen LogP contribution is 2.41. The minimum absolute atomic E-state index is 0. The highest BCUT2D eigenvalue weighted by atomic mass is 35.5. The number of benzene rings is 2. The van der Waals surface area contributed by atoms with Crippen molar-refractivity contribution in [3.05, 3.63) is 65.7 Å². The van der Waals surface area contributed by atoms with Gasteiger partial charge in [0.1, 0.15) is 12.4 Å². The van der Waals surface area contributed by atoms with E-state index in [1.165, 1.54) is 17.5 Å². The van der Waals surface area contributed by atoms with Crippen molar-refractivity contribution in [1.29, 1.82) is 0 Å². The maximum Gasteiger partial charge on any atom is 0.120 e. The van der Waals surface area contributed by atoms with Gasteiger partial charge in [0.2, 0.25) is 0 Å². The number of halogens is 2. The molecule has 1 heterocycles. The van der Waals surface area contributed by atoms with Crippen LogP contribution >= 0.6 is 24.8 Å². The summed E-state index contributed by atoms with van der Waals surface area (Å²) < 4.78 is 6.09. The molecule has 2 aromatic rings. The van der Waals surface area contributed by atoms with Gasteiger partial charge in [-0.3, -0.25) is 0 Å². The van der Waals surface area contributed by atoms with Gasteiger partial charge in [-0.1, -0.05) is 61.7 Å². The van der Waals surface area contributed by atoms with E-state index in [0.29, 0.717) is 6.61 Å². The van der Waals surface area contributed by atoms with E-state index in [1.807, 2.05) is 24.3 Å². The zero-order valence-corrected chi connectivity index (χ0v) is 19.8. The number of aliphatic hydroxyl groups is 1.